The first-order valence-electron chi connectivity index (χ1n) is 15.4. The summed E-state index contributed by atoms with van der Waals surface area (Å²) in [6.07, 6.45) is 2.56. The topological polar surface area (TPSA) is 108 Å². The van der Waals surface area contributed by atoms with E-state index >= 15 is 0 Å². The first-order chi connectivity index (χ1) is 21.2. The number of rotatable bonds is 18. The van der Waals surface area contributed by atoms with Gasteiger partial charge >= 0.3 is 0 Å². The number of hydrogen-bond acceptors (Lipinski definition) is 6. The van der Waals surface area contributed by atoms with Gasteiger partial charge in [0.15, 0.2) is 5.78 Å². The van der Waals surface area contributed by atoms with E-state index in [1.807, 2.05) is 93.5 Å². The molecular formula is C36H48ClN3O5. The summed E-state index contributed by atoms with van der Waals surface area (Å²) in [6.45, 7) is 5.28. The smallest absolute Gasteiger partial charge is 0.247 e. The van der Waals surface area contributed by atoms with Crippen molar-refractivity contribution in [2.24, 2.45) is 17.8 Å². The molecule has 0 saturated heterocycles. The number of carbonyl (C=O) groups is 3. The van der Waals surface area contributed by atoms with Gasteiger partial charge in [-0.1, -0.05) is 74.5 Å². The number of aryl methyl sites for hydroxylation is 1. The van der Waals surface area contributed by atoms with Crippen molar-refractivity contribution >= 4 is 30.0 Å². The third kappa shape index (κ3) is 12.7. The third-order valence-electron chi connectivity index (χ3n) is 7.68. The summed E-state index contributed by atoms with van der Waals surface area (Å²) in [4.78, 5) is 42.8. The van der Waals surface area contributed by atoms with E-state index in [0.717, 1.165) is 24.1 Å². The van der Waals surface area contributed by atoms with Crippen molar-refractivity contribution in [2.75, 3.05) is 27.2 Å². The van der Waals surface area contributed by atoms with E-state index in [0.29, 0.717) is 43.6 Å². The van der Waals surface area contributed by atoms with Gasteiger partial charge in [0, 0.05) is 24.4 Å². The molecule has 3 aromatic rings. The number of likely N-dealkylation sites (N-methyl/N-ethyl adjacent to an activating group) is 1. The average molecular weight is 638 g/mol. The van der Waals surface area contributed by atoms with Crippen LogP contribution in [0.2, 0.25) is 0 Å². The van der Waals surface area contributed by atoms with E-state index in [2.05, 4.69) is 5.32 Å². The number of benzene rings is 3. The zero-order valence-corrected chi connectivity index (χ0v) is 27.6. The summed E-state index contributed by atoms with van der Waals surface area (Å²) in [5, 5.41) is 12.6. The molecule has 3 aromatic carbocycles. The van der Waals surface area contributed by atoms with Crippen LogP contribution in [-0.4, -0.2) is 61.0 Å². The number of Topliss-reactive ketones (excluding diaryl/α,β-unsaturated/α-hetero) is 1. The van der Waals surface area contributed by atoms with Gasteiger partial charge in [-0.3, -0.25) is 19.6 Å². The summed E-state index contributed by atoms with van der Waals surface area (Å²) in [5.41, 5.74) is 4.29. The lowest BCUT2D eigenvalue weighted by Gasteiger charge is -2.28. The standard InChI is InChI=1S/C36H47N3O5.ClH/c1-26(2)24-32(31(36(42)38-43)17-11-16-27-12-7-5-8-13-27)35(41)37-33(25-28-14-9-6-10-15-28)34(40)29-18-20-30(21-19-29)44-23-22-39(3)4;/h5-10,12-15,18-21,26,31-33,43H,11,16-17,22-25H2,1-4H3,(H,37,41)(H,38,42);1H/t31?,32-,33+;/m1./s1. The van der Waals surface area contributed by atoms with Crippen LogP contribution in [0.15, 0.2) is 84.9 Å². The molecule has 3 N–H and O–H groups in total. The maximum atomic E-state index is 14.0. The number of ether oxygens (including phenoxy) is 1. The molecule has 1 unspecified atom stereocenters. The van der Waals surface area contributed by atoms with E-state index in [1.54, 1.807) is 29.7 Å². The molecule has 0 radical (unpaired) electrons. The maximum absolute atomic E-state index is 14.0. The van der Waals surface area contributed by atoms with Gasteiger partial charge in [-0.25, -0.2) is 5.48 Å². The first kappa shape index (κ1) is 37.5. The lowest BCUT2D eigenvalue weighted by molar-refractivity contribution is -0.141. The number of carbonyl (C=O) groups excluding carboxylic acids is 3. The van der Waals surface area contributed by atoms with Gasteiger partial charge in [0.25, 0.3) is 0 Å². The fourth-order valence-corrected chi connectivity index (χ4v) is 5.33. The second-order valence-corrected chi connectivity index (χ2v) is 12.0. The molecule has 0 bridgehead atoms. The van der Waals surface area contributed by atoms with Gasteiger partial charge in [-0.15, -0.1) is 12.4 Å². The Hall–Kier alpha value is -3.72. The lowest BCUT2D eigenvalue weighted by atomic mass is 9.80. The van der Waals surface area contributed by atoms with Crippen molar-refractivity contribution in [1.29, 1.82) is 0 Å². The molecule has 3 atom stereocenters. The van der Waals surface area contributed by atoms with E-state index in [4.69, 9.17) is 4.74 Å². The highest BCUT2D eigenvalue weighted by Gasteiger charge is 2.36. The Labute approximate surface area is 273 Å². The molecule has 0 aliphatic rings. The second-order valence-electron chi connectivity index (χ2n) is 12.0. The molecule has 0 heterocycles. The molecule has 0 aliphatic heterocycles. The van der Waals surface area contributed by atoms with Crippen LogP contribution in [0, 0.1) is 17.8 Å². The van der Waals surface area contributed by atoms with E-state index in [1.165, 1.54) is 0 Å². The van der Waals surface area contributed by atoms with Crippen molar-refractivity contribution in [2.45, 2.75) is 52.0 Å². The summed E-state index contributed by atoms with van der Waals surface area (Å²) in [7, 11) is 3.95. The molecule has 45 heavy (non-hydrogen) atoms. The zero-order valence-electron chi connectivity index (χ0n) is 26.8. The largest absolute Gasteiger partial charge is 0.492 e. The number of hydroxylamine groups is 1. The number of halogens is 1. The highest BCUT2D eigenvalue weighted by Crippen LogP contribution is 2.27. The number of ketones is 1. The molecule has 9 heteroatoms. The predicted molar refractivity (Wildman–Crippen MR) is 180 cm³/mol. The summed E-state index contributed by atoms with van der Waals surface area (Å²) < 4.78 is 5.78. The summed E-state index contributed by atoms with van der Waals surface area (Å²) in [5.74, 6) is -1.89. The van der Waals surface area contributed by atoms with Crippen molar-refractivity contribution in [3.63, 3.8) is 0 Å². The molecule has 0 fully saturated rings. The average Bonchev–Trinajstić information content (AvgIpc) is 3.02. The fraction of sp³-hybridized carbons (Fsp3) is 0.417. The quantitative estimate of drug-likeness (QED) is 0.0929. The maximum Gasteiger partial charge on any atom is 0.247 e. The third-order valence-corrected chi connectivity index (χ3v) is 7.68. The second kappa shape index (κ2) is 19.6. The van der Waals surface area contributed by atoms with Gasteiger partial charge in [-0.05, 0) is 81.1 Å². The van der Waals surface area contributed by atoms with Gasteiger partial charge in [0.1, 0.15) is 12.4 Å². The Morgan fingerprint density at radius 1 is 0.822 bits per heavy atom. The van der Waals surface area contributed by atoms with Gasteiger partial charge in [-0.2, -0.15) is 0 Å². The number of amides is 2. The molecule has 0 aliphatic carbocycles. The zero-order chi connectivity index (χ0) is 31.9. The van der Waals surface area contributed by atoms with Crippen LogP contribution in [0.1, 0.15) is 54.6 Å². The van der Waals surface area contributed by atoms with E-state index < -0.39 is 23.8 Å². The molecule has 0 spiro atoms. The summed E-state index contributed by atoms with van der Waals surface area (Å²) >= 11 is 0. The number of nitrogens with zero attached hydrogens (tertiary/aromatic N) is 1. The SMILES string of the molecule is CC(C)C[C@@H](C(=O)N[C@@H](Cc1ccccc1)C(=O)c1ccc(OCCN(C)C)cc1)C(CCCc1ccccc1)C(=O)NO.Cl. The molecule has 3 rings (SSSR count). The van der Waals surface area contributed by atoms with Gasteiger partial charge in [0.2, 0.25) is 11.8 Å². The van der Waals surface area contributed by atoms with E-state index in [-0.39, 0.29) is 30.0 Å². The van der Waals surface area contributed by atoms with Crippen LogP contribution in [0.3, 0.4) is 0 Å². The Balaban J connectivity index is 0.00000705. The lowest BCUT2D eigenvalue weighted by Crippen LogP contribution is -2.48. The van der Waals surface area contributed by atoms with Crippen molar-refractivity contribution in [1.82, 2.24) is 15.7 Å². The predicted octanol–water partition coefficient (Wildman–Crippen LogP) is 5.77. The molecular weight excluding hydrogens is 590 g/mol. The van der Waals surface area contributed by atoms with Crippen LogP contribution >= 0.6 is 12.4 Å². The van der Waals surface area contributed by atoms with Crippen LogP contribution < -0.4 is 15.5 Å². The molecule has 2 amide bonds. The monoisotopic (exact) mass is 637 g/mol. The Kier molecular flexibility index (Phi) is 16.3. The minimum Gasteiger partial charge on any atom is -0.492 e. The minimum atomic E-state index is -0.845. The molecule has 8 nitrogen and oxygen atoms in total. The molecule has 244 valence electrons. The Morgan fingerprint density at radius 3 is 1.98 bits per heavy atom. The highest BCUT2D eigenvalue weighted by atomic mass is 35.5. The van der Waals surface area contributed by atoms with Gasteiger partial charge < -0.3 is 15.0 Å². The highest BCUT2D eigenvalue weighted by molar-refractivity contribution is 6.02. The van der Waals surface area contributed by atoms with E-state index in [9.17, 15) is 19.6 Å². The first-order valence-corrected chi connectivity index (χ1v) is 15.4. The fourth-order valence-electron chi connectivity index (χ4n) is 5.33. The summed E-state index contributed by atoms with van der Waals surface area (Å²) in [6, 6.07) is 25.6. The van der Waals surface area contributed by atoms with Crippen LogP contribution in [0.4, 0.5) is 0 Å². The minimum absolute atomic E-state index is 0. The van der Waals surface area contributed by atoms with Crippen molar-refractivity contribution in [3.05, 3.63) is 102 Å². The van der Waals surface area contributed by atoms with Crippen molar-refractivity contribution in [3.8, 4) is 5.75 Å². The van der Waals surface area contributed by atoms with Crippen LogP contribution in [0.25, 0.3) is 0 Å². The normalized spacial score (nSPS) is 13.0. The number of nitrogens with one attached hydrogen (secondary N) is 2. The van der Waals surface area contributed by atoms with Crippen LogP contribution in [0.5, 0.6) is 5.75 Å². The number of hydrogen-bond donors (Lipinski definition) is 3. The van der Waals surface area contributed by atoms with Crippen molar-refractivity contribution < 1.29 is 24.3 Å². The molecule has 0 saturated carbocycles. The Bertz CT molecular complexity index is 1300. The van der Waals surface area contributed by atoms with Gasteiger partial charge in [0.05, 0.1) is 12.0 Å². The Morgan fingerprint density at radius 2 is 1.42 bits per heavy atom. The molecule has 0 aromatic heterocycles. The van der Waals surface area contributed by atoms with Crippen LogP contribution in [-0.2, 0) is 22.4 Å².